The van der Waals surface area contributed by atoms with Crippen LogP contribution >= 0.6 is 0 Å². The normalized spacial score (nSPS) is 11.8. The Morgan fingerprint density at radius 2 is 2.00 bits per heavy atom. The standard InChI is InChI=1S/C14H22N4O2/c1-5-15-14(20)12-8-11(6-7-16-12)18-10(4)13(19)17-9(2)3/h6-10H,5H2,1-4H3,(H,15,20)(H,16,18)(H,17,19). The second-order valence-corrected chi connectivity index (χ2v) is 4.82. The van der Waals surface area contributed by atoms with Crippen LogP contribution in [0.5, 0.6) is 0 Å². The molecule has 0 aliphatic carbocycles. The van der Waals surface area contributed by atoms with E-state index in [1.165, 1.54) is 0 Å². The second kappa shape index (κ2) is 7.47. The zero-order valence-corrected chi connectivity index (χ0v) is 12.4. The molecule has 1 aromatic heterocycles. The van der Waals surface area contributed by atoms with Crippen molar-refractivity contribution < 1.29 is 9.59 Å². The van der Waals surface area contributed by atoms with Crippen LogP contribution in [0.1, 0.15) is 38.2 Å². The number of carbonyl (C=O) groups excluding carboxylic acids is 2. The van der Waals surface area contributed by atoms with Crippen LogP contribution in [0.3, 0.4) is 0 Å². The number of carbonyl (C=O) groups is 2. The van der Waals surface area contributed by atoms with Crippen molar-refractivity contribution >= 4 is 17.5 Å². The first kappa shape index (κ1) is 15.9. The van der Waals surface area contributed by atoms with Gasteiger partial charge in [0.25, 0.3) is 5.91 Å². The minimum absolute atomic E-state index is 0.0867. The van der Waals surface area contributed by atoms with Gasteiger partial charge in [0.1, 0.15) is 11.7 Å². The molecule has 1 heterocycles. The van der Waals surface area contributed by atoms with Crippen LogP contribution in [0.4, 0.5) is 5.69 Å². The van der Waals surface area contributed by atoms with E-state index in [1.54, 1.807) is 25.3 Å². The van der Waals surface area contributed by atoms with Crippen molar-refractivity contribution in [2.45, 2.75) is 39.8 Å². The molecule has 0 aromatic carbocycles. The molecule has 2 amide bonds. The van der Waals surface area contributed by atoms with Gasteiger partial charge in [-0.2, -0.15) is 0 Å². The van der Waals surface area contributed by atoms with Gasteiger partial charge in [0.2, 0.25) is 5.91 Å². The van der Waals surface area contributed by atoms with Crippen LogP contribution in [-0.4, -0.2) is 35.4 Å². The molecule has 6 heteroatoms. The first-order valence-electron chi connectivity index (χ1n) is 6.75. The van der Waals surface area contributed by atoms with Crippen LogP contribution in [0.15, 0.2) is 18.3 Å². The minimum atomic E-state index is -0.387. The molecular weight excluding hydrogens is 256 g/mol. The fourth-order valence-corrected chi connectivity index (χ4v) is 1.62. The van der Waals surface area contributed by atoms with Crippen LogP contribution in [-0.2, 0) is 4.79 Å². The van der Waals surface area contributed by atoms with Gasteiger partial charge < -0.3 is 16.0 Å². The summed E-state index contributed by atoms with van der Waals surface area (Å²) in [5.41, 5.74) is 1.01. The summed E-state index contributed by atoms with van der Waals surface area (Å²) in [7, 11) is 0. The average molecular weight is 278 g/mol. The molecule has 0 spiro atoms. The van der Waals surface area contributed by atoms with Gasteiger partial charge in [-0.15, -0.1) is 0 Å². The van der Waals surface area contributed by atoms with Gasteiger partial charge >= 0.3 is 0 Å². The summed E-state index contributed by atoms with van der Waals surface area (Å²) in [5.74, 6) is -0.313. The Morgan fingerprint density at radius 3 is 2.60 bits per heavy atom. The summed E-state index contributed by atoms with van der Waals surface area (Å²) < 4.78 is 0. The third-order valence-corrected chi connectivity index (χ3v) is 2.54. The highest BCUT2D eigenvalue weighted by atomic mass is 16.2. The lowest BCUT2D eigenvalue weighted by Crippen LogP contribution is -2.41. The van der Waals surface area contributed by atoms with E-state index in [1.807, 2.05) is 20.8 Å². The number of nitrogens with one attached hydrogen (secondary N) is 3. The van der Waals surface area contributed by atoms with Gasteiger partial charge in [-0.3, -0.25) is 14.6 Å². The SMILES string of the molecule is CCNC(=O)c1cc(NC(C)C(=O)NC(C)C)ccn1. The molecule has 110 valence electrons. The first-order valence-corrected chi connectivity index (χ1v) is 6.75. The Labute approximate surface area is 119 Å². The molecule has 0 saturated carbocycles. The number of rotatable bonds is 6. The Kier molecular flexibility index (Phi) is 5.96. The van der Waals surface area contributed by atoms with E-state index < -0.39 is 0 Å². The molecule has 6 nitrogen and oxygen atoms in total. The lowest BCUT2D eigenvalue weighted by Gasteiger charge is -2.17. The number of aromatic nitrogens is 1. The number of pyridine rings is 1. The predicted octanol–water partition coefficient (Wildman–Crippen LogP) is 1.16. The zero-order chi connectivity index (χ0) is 15.1. The summed E-state index contributed by atoms with van der Waals surface area (Å²) in [6, 6.07) is 3.06. The highest BCUT2D eigenvalue weighted by Gasteiger charge is 2.14. The molecule has 0 saturated heterocycles. The van der Waals surface area contributed by atoms with Gasteiger partial charge in [0.15, 0.2) is 0 Å². The van der Waals surface area contributed by atoms with E-state index in [2.05, 4.69) is 20.9 Å². The quantitative estimate of drug-likeness (QED) is 0.729. The van der Waals surface area contributed by atoms with E-state index in [0.717, 1.165) is 0 Å². The molecule has 1 aromatic rings. The van der Waals surface area contributed by atoms with Crippen molar-refractivity contribution in [3.05, 3.63) is 24.0 Å². The lowest BCUT2D eigenvalue weighted by molar-refractivity contribution is -0.122. The Bertz CT molecular complexity index is 474. The minimum Gasteiger partial charge on any atom is -0.374 e. The summed E-state index contributed by atoms with van der Waals surface area (Å²) in [6.45, 7) is 7.97. The number of nitrogens with zero attached hydrogens (tertiary/aromatic N) is 1. The van der Waals surface area contributed by atoms with Gasteiger partial charge in [0, 0.05) is 24.5 Å². The molecule has 0 bridgehead atoms. The highest BCUT2D eigenvalue weighted by Crippen LogP contribution is 2.09. The molecule has 3 N–H and O–H groups in total. The summed E-state index contributed by atoms with van der Waals surface area (Å²) in [5, 5.41) is 8.56. The Morgan fingerprint density at radius 1 is 1.30 bits per heavy atom. The third-order valence-electron chi connectivity index (χ3n) is 2.54. The van der Waals surface area contributed by atoms with E-state index in [9.17, 15) is 9.59 Å². The molecule has 1 rings (SSSR count). The maximum absolute atomic E-state index is 11.8. The number of amides is 2. The number of hydrogen-bond donors (Lipinski definition) is 3. The van der Waals surface area contributed by atoms with Crippen molar-refractivity contribution in [2.75, 3.05) is 11.9 Å². The largest absolute Gasteiger partial charge is 0.374 e. The fraction of sp³-hybridized carbons (Fsp3) is 0.500. The first-order chi connectivity index (χ1) is 9.43. The zero-order valence-electron chi connectivity index (χ0n) is 12.4. The molecule has 0 radical (unpaired) electrons. The van der Waals surface area contributed by atoms with Crippen molar-refractivity contribution in [2.24, 2.45) is 0 Å². The molecule has 0 aliphatic heterocycles. The van der Waals surface area contributed by atoms with Crippen LogP contribution in [0, 0.1) is 0 Å². The monoisotopic (exact) mass is 278 g/mol. The Balaban J connectivity index is 2.70. The fourth-order valence-electron chi connectivity index (χ4n) is 1.62. The predicted molar refractivity (Wildman–Crippen MR) is 78.6 cm³/mol. The molecule has 0 aliphatic rings. The summed E-state index contributed by atoms with van der Waals surface area (Å²) in [6.07, 6.45) is 1.54. The van der Waals surface area contributed by atoms with Gasteiger partial charge in [0.05, 0.1) is 0 Å². The van der Waals surface area contributed by atoms with Crippen molar-refractivity contribution in [1.82, 2.24) is 15.6 Å². The smallest absolute Gasteiger partial charge is 0.269 e. The highest BCUT2D eigenvalue weighted by molar-refractivity contribution is 5.93. The van der Waals surface area contributed by atoms with Crippen molar-refractivity contribution in [1.29, 1.82) is 0 Å². The Hall–Kier alpha value is -2.11. The van der Waals surface area contributed by atoms with Gasteiger partial charge in [-0.05, 0) is 39.8 Å². The number of hydrogen-bond acceptors (Lipinski definition) is 4. The maximum Gasteiger partial charge on any atom is 0.269 e. The van der Waals surface area contributed by atoms with Crippen LogP contribution in [0.25, 0.3) is 0 Å². The molecule has 1 unspecified atom stereocenters. The summed E-state index contributed by atoms with van der Waals surface area (Å²) in [4.78, 5) is 27.5. The van der Waals surface area contributed by atoms with E-state index in [-0.39, 0.29) is 23.9 Å². The second-order valence-electron chi connectivity index (χ2n) is 4.82. The van der Waals surface area contributed by atoms with E-state index in [0.29, 0.717) is 17.9 Å². The average Bonchev–Trinajstić information content (AvgIpc) is 2.38. The summed E-state index contributed by atoms with van der Waals surface area (Å²) >= 11 is 0. The number of anilines is 1. The van der Waals surface area contributed by atoms with Gasteiger partial charge in [-0.1, -0.05) is 0 Å². The maximum atomic E-state index is 11.8. The van der Waals surface area contributed by atoms with Crippen LogP contribution in [0.2, 0.25) is 0 Å². The topological polar surface area (TPSA) is 83.1 Å². The molecule has 1 atom stereocenters. The van der Waals surface area contributed by atoms with E-state index in [4.69, 9.17) is 0 Å². The van der Waals surface area contributed by atoms with Crippen LogP contribution < -0.4 is 16.0 Å². The van der Waals surface area contributed by atoms with Crippen molar-refractivity contribution in [3.8, 4) is 0 Å². The lowest BCUT2D eigenvalue weighted by atomic mass is 10.2. The molecule has 20 heavy (non-hydrogen) atoms. The van der Waals surface area contributed by atoms with Gasteiger partial charge in [-0.25, -0.2) is 0 Å². The molecular formula is C14H22N4O2. The molecule has 0 fully saturated rings. The van der Waals surface area contributed by atoms with Crippen molar-refractivity contribution in [3.63, 3.8) is 0 Å². The van der Waals surface area contributed by atoms with E-state index >= 15 is 0 Å². The third kappa shape index (κ3) is 4.87.